The van der Waals surface area contributed by atoms with Crippen LogP contribution in [0.3, 0.4) is 0 Å². The number of nitrogens with one attached hydrogen (secondary N) is 1. The summed E-state index contributed by atoms with van der Waals surface area (Å²) < 4.78 is 0. The Morgan fingerprint density at radius 2 is 1.61 bits per heavy atom. The van der Waals surface area contributed by atoms with E-state index in [2.05, 4.69) is 17.1 Å². The van der Waals surface area contributed by atoms with Crippen LogP contribution >= 0.6 is 36.4 Å². The number of hydrogen-bond donors (Lipinski definition) is 2. The van der Waals surface area contributed by atoms with Crippen molar-refractivity contribution in [3.63, 3.8) is 0 Å². The fourth-order valence-corrected chi connectivity index (χ4v) is 3.13. The minimum absolute atomic E-state index is 0. The van der Waals surface area contributed by atoms with Crippen molar-refractivity contribution in [2.75, 3.05) is 32.7 Å². The largest absolute Gasteiger partial charge is 0.346 e. The van der Waals surface area contributed by atoms with Crippen LogP contribution in [0.15, 0.2) is 24.3 Å². The highest BCUT2D eigenvalue weighted by molar-refractivity contribution is 6.30. The Labute approximate surface area is 185 Å². The highest BCUT2D eigenvalue weighted by atomic mass is 35.5. The van der Waals surface area contributed by atoms with Crippen molar-refractivity contribution in [1.29, 1.82) is 0 Å². The number of amides is 2. The second-order valence-corrected chi connectivity index (χ2v) is 7.57. The van der Waals surface area contributed by atoms with Crippen LogP contribution < -0.4 is 11.1 Å². The normalized spacial score (nSPS) is 16.6. The average Bonchev–Trinajstić information content (AvgIpc) is 2.65. The number of nitrogens with zero attached hydrogens (tertiary/aromatic N) is 2. The third-order valence-electron chi connectivity index (χ3n) is 5.00. The molecule has 0 bridgehead atoms. The standard InChI is InChI=1S/C19H29ClN4O2.2ClH/c1-13(2)18(21)19(26)22-12-17(25)24-10-8-23(9-11-24)14(3)15-4-6-16(20)7-5-15;;/h4-7,13-14,18H,8-12,21H2,1-3H3,(H,22,26);2*1H/t14?,18-;;/m0../s1. The summed E-state index contributed by atoms with van der Waals surface area (Å²) in [5, 5.41) is 3.38. The molecule has 0 aliphatic carbocycles. The van der Waals surface area contributed by atoms with Crippen LogP contribution in [-0.4, -0.2) is 60.4 Å². The number of piperazine rings is 1. The highest BCUT2D eigenvalue weighted by Crippen LogP contribution is 2.23. The molecule has 1 aliphatic heterocycles. The van der Waals surface area contributed by atoms with Crippen molar-refractivity contribution in [3.8, 4) is 0 Å². The van der Waals surface area contributed by atoms with E-state index in [0.717, 1.165) is 18.1 Å². The molecule has 2 rings (SSSR count). The minimum atomic E-state index is -0.583. The van der Waals surface area contributed by atoms with Crippen molar-refractivity contribution >= 4 is 48.2 Å². The van der Waals surface area contributed by atoms with Gasteiger partial charge in [0, 0.05) is 37.2 Å². The molecule has 1 saturated heterocycles. The molecule has 2 amide bonds. The summed E-state index contributed by atoms with van der Waals surface area (Å²) in [6.45, 7) is 8.84. The molecule has 1 heterocycles. The molecule has 1 aliphatic rings. The monoisotopic (exact) mass is 452 g/mol. The van der Waals surface area contributed by atoms with Crippen molar-refractivity contribution in [2.45, 2.75) is 32.9 Å². The summed E-state index contributed by atoms with van der Waals surface area (Å²) >= 11 is 5.95. The van der Waals surface area contributed by atoms with Gasteiger partial charge in [-0.15, -0.1) is 24.8 Å². The van der Waals surface area contributed by atoms with Gasteiger partial charge in [-0.05, 0) is 30.5 Å². The molecule has 0 radical (unpaired) electrons. The lowest BCUT2D eigenvalue weighted by Crippen LogP contribution is -2.53. The maximum Gasteiger partial charge on any atom is 0.242 e. The predicted molar refractivity (Wildman–Crippen MR) is 118 cm³/mol. The number of halogens is 3. The highest BCUT2D eigenvalue weighted by Gasteiger charge is 2.25. The van der Waals surface area contributed by atoms with Gasteiger partial charge in [0.1, 0.15) is 0 Å². The van der Waals surface area contributed by atoms with E-state index in [1.807, 2.05) is 38.1 Å². The van der Waals surface area contributed by atoms with Gasteiger partial charge < -0.3 is 16.0 Å². The molecule has 3 N–H and O–H groups in total. The van der Waals surface area contributed by atoms with Crippen molar-refractivity contribution < 1.29 is 9.59 Å². The van der Waals surface area contributed by atoms with E-state index in [9.17, 15) is 9.59 Å². The number of carbonyl (C=O) groups is 2. The molecule has 2 atom stereocenters. The quantitative estimate of drug-likeness (QED) is 0.693. The molecule has 9 heteroatoms. The van der Waals surface area contributed by atoms with Gasteiger partial charge in [-0.2, -0.15) is 0 Å². The van der Waals surface area contributed by atoms with Gasteiger partial charge in [0.15, 0.2) is 0 Å². The predicted octanol–water partition coefficient (Wildman–Crippen LogP) is 2.49. The van der Waals surface area contributed by atoms with Gasteiger partial charge >= 0.3 is 0 Å². The Bertz CT molecular complexity index is 620. The molecular weight excluding hydrogens is 423 g/mol. The summed E-state index contributed by atoms with van der Waals surface area (Å²) in [7, 11) is 0. The first-order valence-corrected chi connectivity index (χ1v) is 9.48. The number of benzene rings is 1. The van der Waals surface area contributed by atoms with Crippen LogP contribution in [0, 0.1) is 5.92 Å². The van der Waals surface area contributed by atoms with E-state index >= 15 is 0 Å². The molecule has 0 spiro atoms. The lowest BCUT2D eigenvalue weighted by molar-refractivity contribution is -0.135. The van der Waals surface area contributed by atoms with E-state index in [4.69, 9.17) is 17.3 Å². The van der Waals surface area contributed by atoms with Crippen LogP contribution in [0.25, 0.3) is 0 Å². The summed E-state index contributed by atoms with van der Waals surface area (Å²) in [6.07, 6.45) is 0. The minimum Gasteiger partial charge on any atom is -0.346 e. The molecule has 0 saturated carbocycles. The number of rotatable bonds is 6. The summed E-state index contributed by atoms with van der Waals surface area (Å²) in [4.78, 5) is 28.3. The number of carbonyl (C=O) groups excluding carboxylic acids is 2. The fraction of sp³-hybridized carbons (Fsp3) is 0.579. The maximum absolute atomic E-state index is 12.3. The van der Waals surface area contributed by atoms with Crippen molar-refractivity contribution in [2.24, 2.45) is 11.7 Å². The molecule has 28 heavy (non-hydrogen) atoms. The molecule has 160 valence electrons. The first kappa shape index (κ1) is 27.0. The lowest BCUT2D eigenvalue weighted by Gasteiger charge is -2.38. The first-order chi connectivity index (χ1) is 12.3. The molecule has 1 unspecified atom stereocenters. The van der Waals surface area contributed by atoms with E-state index in [1.54, 1.807) is 4.90 Å². The molecule has 0 aromatic heterocycles. The van der Waals surface area contributed by atoms with Crippen LogP contribution in [0.5, 0.6) is 0 Å². The molecule has 1 fully saturated rings. The van der Waals surface area contributed by atoms with Crippen LogP contribution in [0.1, 0.15) is 32.4 Å². The fourth-order valence-electron chi connectivity index (χ4n) is 3.01. The first-order valence-electron chi connectivity index (χ1n) is 9.10. The van der Waals surface area contributed by atoms with Gasteiger partial charge in [0.2, 0.25) is 11.8 Å². The zero-order chi connectivity index (χ0) is 19.3. The maximum atomic E-state index is 12.3. The Balaban J connectivity index is 0.00000364. The molecule has 1 aromatic carbocycles. The summed E-state index contributed by atoms with van der Waals surface area (Å²) in [6, 6.07) is 7.57. The third kappa shape index (κ3) is 7.41. The summed E-state index contributed by atoms with van der Waals surface area (Å²) in [5.74, 6) is -0.292. The van der Waals surface area contributed by atoms with Crippen LogP contribution in [-0.2, 0) is 9.59 Å². The Kier molecular flexibility index (Phi) is 12.0. The zero-order valence-corrected chi connectivity index (χ0v) is 18.9. The van der Waals surface area contributed by atoms with Gasteiger partial charge in [-0.25, -0.2) is 0 Å². The van der Waals surface area contributed by atoms with E-state index in [-0.39, 0.29) is 55.1 Å². The second kappa shape index (κ2) is 12.5. The van der Waals surface area contributed by atoms with Crippen LogP contribution in [0.2, 0.25) is 5.02 Å². The van der Waals surface area contributed by atoms with Gasteiger partial charge in [-0.1, -0.05) is 37.6 Å². The molecule has 1 aromatic rings. The smallest absolute Gasteiger partial charge is 0.242 e. The number of nitrogens with two attached hydrogens (primary N) is 1. The second-order valence-electron chi connectivity index (χ2n) is 7.13. The van der Waals surface area contributed by atoms with Gasteiger partial charge in [0.25, 0.3) is 0 Å². The Morgan fingerprint density at radius 1 is 1.07 bits per heavy atom. The molecular formula is C19H31Cl3N4O2. The average molecular weight is 454 g/mol. The summed E-state index contributed by atoms with van der Waals surface area (Å²) in [5.41, 5.74) is 7.00. The molecule has 6 nitrogen and oxygen atoms in total. The SMILES string of the molecule is CC(C)[C@H](N)C(=O)NCC(=O)N1CCN(C(C)c2ccc(Cl)cc2)CC1.Cl.Cl. The topological polar surface area (TPSA) is 78.7 Å². The zero-order valence-electron chi connectivity index (χ0n) is 16.6. The van der Waals surface area contributed by atoms with Crippen LogP contribution in [0.4, 0.5) is 0 Å². The lowest BCUT2D eigenvalue weighted by atomic mass is 10.1. The number of hydrogen-bond acceptors (Lipinski definition) is 4. The van der Waals surface area contributed by atoms with E-state index in [0.29, 0.717) is 13.1 Å². The van der Waals surface area contributed by atoms with Crippen molar-refractivity contribution in [3.05, 3.63) is 34.9 Å². The Hall–Kier alpha value is -1.05. The van der Waals surface area contributed by atoms with Gasteiger partial charge in [0.05, 0.1) is 12.6 Å². The van der Waals surface area contributed by atoms with E-state index in [1.165, 1.54) is 5.56 Å². The third-order valence-corrected chi connectivity index (χ3v) is 5.25. The van der Waals surface area contributed by atoms with Crippen molar-refractivity contribution in [1.82, 2.24) is 15.1 Å². The Morgan fingerprint density at radius 3 is 2.11 bits per heavy atom. The van der Waals surface area contributed by atoms with Gasteiger partial charge in [-0.3, -0.25) is 14.5 Å². The van der Waals surface area contributed by atoms with E-state index < -0.39 is 6.04 Å².